The molecule has 1 unspecified atom stereocenters. The van der Waals surface area contributed by atoms with Crippen molar-refractivity contribution in [1.29, 1.82) is 0 Å². The fraction of sp³-hybridized carbons (Fsp3) is 0.267. The van der Waals surface area contributed by atoms with Crippen molar-refractivity contribution in [3.8, 4) is 0 Å². The van der Waals surface area contributed by atoms with Crippen LogP contribution in [-0.4, -0.2) is 39.3 Å². The highest BCUT2D eigenvalue weighted by Crippen LogP contribution is 2.15. The number of carbonyl (C=O) groups is 2. The number of aryl methyl sites for hydroxylation is 1. The average molecular weight is 304 g/mol. The van der Waals surface area contributed by atoms with Gasteiger partial charge < -0.3 is 10.0 Å². The van der Waals surface area contributed by atoms with Gasteiger partial charge in [0.15, 0.2) is 0 Å². The van der Waals surface area contributed by atoms with Crippen molar-refractivity contribution >= 4 is 23.4 Å². The van der Waals surface area contributed by atoms with Crippen molar-refractivity contribution in [1.82, 2.24) is 9.27 Å². The zero-order valence-electron chi connectivity index (χ0n) is 11.8. The number of rotatable bonds is 5. The van der Waals surface area contributed by atoms with Gasteiger partial charge in [-0.05, 0) is 24.0 Å². The minimum absolute atomic E-state index is 0.273. The summed E-state index contributed by atoms with van der Waals surface area (Å²) in [4.78, 5) is 25.2. The van der Waals surface area contributed by atoms with E-state index in [4.69, 9.17) is 0 Å². The quantitative estimate of drug-likeness (QED) is 0.919. The van der Waals surface area contributed by atoms with Crippen LogP contribution in [0.3, 0.4) is 0 Å². The van der Waals surface area contributed by atoms with E-state index < -0.39 is 12.0 Å². The lowest BCUT2D eigenvalue weighted by atomic mass is 10.0. The largest absolute Gasteiger partial charge is 0.480 e. The molecule has 21 heavy (non-hydrogen) atoms. The molecule has 1 atom stereocenters. The Labute approximate surface area is 127 Å². The number of amides is 1. The van der Waals surface area contributed by atoms with Crippen LogP contribution in [0.5, 0.6) is 0 Å². The Hall–Kier alpha value is -2.21. The number of carboxylic acids is 1. The summed E-state index contributed by atoms with van der Waals surface area (Å²) in [6.07, 6.45) is 0.273. The average Bonchev–Trinajstić information content (AvgIpc) is 2.90. The van der Waals surface area contributed by atoms with Crippen LogP contribution in [0.1, 0.15) is 21.6 Å². The van der Waals surface area contributed by atoms with E-state index in [1.165, 1.54) is 23.5 Å². The molecule has 1 heterocycles. The normalized spacial score (nSPS) is 11.9. The second kappa shape index (κ2) is 6.49. The number of carbonyl (C=O) groups excluding carboxylic acids is 1. The third kappa shape index (κ3) is 3.46. The van der Waals surface area contributed by atoms with E-state index in [0.717, 1.165) is 5.56 Å². The van der Waals surface area contributed by atoms with Gasteiger partial charge in [0.2, 0.25) is 0 Å². The summed E-state index contributed by atoms with van der Waals surface area (Å²) < 4.78 is 4.06. The maximum atomic E-state index is 12.4. The fourth-order valence-electron chi connectivity index (χ4n) is 2.06. The van der Waals surface area contributed by atoms with E-state index >= 15 is 0 Å². The molecule has 1 amide bonds. The molecule has 0 spiro atoms. The van der Waals surface area contributed by atoms with Gasteiger partial charge in [-0.2, -0.15) is 4.37 Å². The Morgan fingerprint density at radius 1 is 1.33 bits per heavy atom. The maximum absolute atomic E-state index is 12.4. The van der Waals surface area contributed by atoms with E-state index in [9.17, 15) is 14.7 Å². The second-order valence-electron chi connectivity index (χ2n) is 4.77. The molecule has 0 aliphatic heterocycles. The lowest BCUT2D eigenvalue weighted by Gasteiger charge is -2.24. The number of carboxylic acid groups (broad SMARTS) is 1. The zero-order valence-corrected chi connectivity index (χ0v) is 12.6. The number of benzene rings is 1. The van der Waals surface area contributed by atoms with E-state index in [-0.39, 0.29) is 12.3 Å². The van der Waals surface area contributed by atoms with Crippen molar-refractivity contribution in [3.05, 3.63) is 52.5 Å². The molecule has 1 aromatic heterocycles. The summed E-state index contributed by atoms with van der Waals surface area (Å²) in [6.45, 7) is 1.74. The zero-order chi connectivity index (χ0) is 15.4. The van der Waals surface area contributed by atoms with Crippen LogP contribution in [0.25, 0.3) is 0 Å². The van der Waals surface area contributed by atoms with Crippen LogP contribution < -0.4 is 0 Å². The van der Waals surface area contributed by atoms with Crippen molar-refractivity contribution in [3.63, 3.8) is 0 Å². The van der Waals surface area contributed by atoms with Crippen molar-refractivity contribution in [2.24, 2.45) is 0 Å². The summed E-state index contributed by atoms with van der Waals surface area (Å²) in [5.74, 6) is -1.33. The molecular weight excluding hydrogens is 288 g/mol. The molecule has 0 aliphatic carbocycles. The Bertz CT molecular complexity index is 639. The van der Waals surface area contributed by atoms with Gasteiger partial charge in [0, 0.05) is 18.8 Å². The maximum Gasteiger partial charge on any atom is 0.326 e. The molecule has 0 saturated heterocycles. The standard InChI is InChI=1S/C15H16N2O3S/c1-10-12(9-21-16-10)14(18)17(2)13(15(19)20)8-11-6-4-3-5-7-11/h3-7,9,13H,8H2,1-2H3,(H,19,20). The molecule has 5 nitrogen and oxygen atoms in total. The summed E-state index contributed by atoms with van der Waals surface area (Å²) in [6, 6.07) is 8.37. The minimum atomic E-state index is -1.02. The van der Waals surface area contributed by atoms with Gasteiger partial charge >= 0.3 is 5.97 Å². The summed E-state index contributed by atoms with van der Waals surface area (Å²) in [5.41, 5.74) is 1.97. The van der Waals surface area contributed by atoms with Crippen LogP contribution in [0.4, 0.5) is 0 Å². The first kappa shape index (κ1) is 15.2. The van der Waals surface area contributed by atoms with Crippen molar-refractivity contribution in [2.75, 3.05) is 7.05 Å². The first-order valence-corrected chi connectivity index (χ1v) is 7.29. The first-order chi connectivity index (χ1) is 10.0. The van der Waals surface area contributed by atoms with Gasteiger partial charge in [0.25, 0.3) is 5.91 Å². The Morgan fingerprint density at radius 2 is 2.00 bits per heavy atom. The molecule has 2 rings (SSSR count). The van der Waals surface area contributed by atoms with E-state index in [0.29, 0.717) is 11.3 Å². The molecule has 0 aliphatic rings. The molecule has 1 N–H and O–H groups in total. The molecule has 6 heteroatoms. The van der Waals surface area contributed by atoms with Crippen molar-refractivity contribution < 1.29 is 14.7 Å². The SMILES string of the molecule is Cc1nscc1C(=O)N(C)C(Cc1ccccc1)C(=O)O. The van der Waals surface area contributed by atoms with Crippen LogP contribution in [0.15, 0.2) is 35.7 Å². The highest BCUT2D eigenvalue weighted by atomic mass is 32.1. The topological polar surface area (TPSA) is 70.5 Å². The lowest BCUT2D eigenvalue weighted by molar-refractivity contribution is -0.141. The number of hydrogen-bond donors (Lipinski definition) is 1. The molecule has 0 bridgehead atoms. The number of aromatic nitrogens is 1. The second-order valence-corrected chi connectivity index (χ2v) is 5.40. The Kier molecular flexibility index (Phi) is 4.70. The number of aliphatic carboxylic acids is 1. The van der Waals surface area contributed by atoms with Crippen molar-refractivity contribution in [2.45, 2.75) is 19.4 Å². The van der Waals surface area contributed by atoms with Gasteiger partial charge in [-0.15, -0.1) is 0 Å². The van der Waals surface area contributed by atoms with E-state index in [2.05, 4.69) is 4.37 Å². The highest BCUT2D eigenvalue weighted by molar-refractivity contribution is 7.03. The monoisotopic (exact) mass is 304 g/mol. The smallest absolute Gasteiger partial charge is 0.326 e. The summed E-state index contributed by atoms with van der Waals surface area (Å²) >= 11 is 1.19. The molecular formula is C15H16N2O3S. The predicted molar refractivity (Wildman–Crippen MR) is 80.5 cm³/mol. The molecule has 0 radical (unpaired) electrons. The lowest BCUT2D eigenvalue weighted by Crippen LogP contribution is -2.43. The summed E-state index contributed by atoms with van der Waals surface area (Å²) in [7, 11) is 1.52. The van der Waals surface area contributed by atoms with Crippen LogP contribution in [-0.2, 0) is 11.2 Å². The van der Waals surface area contributed by atoms with Crippen LogP contribution in [0.2, 0.25) is 0 Å². The van der Waals surface area contributed by atoms with Crippen LogP contribution in [0, 0.1) is 6.92 Å². The first-order valence-electron chi connectivity index (χ1n) is 6.45. The third-order valence-corrected chi connectivity index (χ3v) is 4.05. The third-order valence-electron chi connectivity index (χ3n) is 3.33. The van der Waals surface area contributed by atoms with Gasteiger partial charge in [0.1, 0.15) is 6.04 Å². The number of nitrogens with zero attached hydrogens (tertiary/aromatic N) is 2. The van der Waals surface area contributed by atoms with Gasteiger partial charge in [-0.3, -0.25) is 4.79 Å². The molecule has 2 aromatic rings. The molecule has 1 aromatic carbocycles. The Morgan fingerprint density at radius 3 is 2.52 bits per heavy atom. The highest BCUT2D eigenvalue weighted by Gasteiger charge is 2.28. The van der Waals surface area contributed by atoms with Gasteiger partial charge in [0.05, 0.1) is 11.3 Å². The number of likely N-dealkylation sites (N-methyl/N-ethyl adjacent to an activating group) is 1. The summed E-state index contributed by atoms with van der Waals surface area (Å²) in [5, 5.41) is 11.1. The molecule has 110 valence electrons. The minimum Gasteiger partial charge on any atom is -0.480 e. The molecule has 0 fully saturated rings. The van der Waals surface area contributed by atoms with Gasteiger partial charge in [-0.25, -0.2) is 4.79 Å². The fourth-order valence-corrected chi connectivity index (χ4v) is 2.74. The number of hydrogen-bond acceptors (Lipinski definition) is 4. The Balaban J connectivity index is 2.20. The van der Waals surface area contributed by atoms with E-state index in [1.54, 1.807) is 12.3 Å². The van der Waals surface area contributed by atoms with E-state index in [1.807, 2.05) is 30.3 Å². The van der Waals surface area contributed by atoms with Gasteiger partial charge in [-0.1, -0.05) is 30.3 Å². The molecule has 0 saturated carbocycles. The predicted octanol–water partition coefficient (Wildman–Crippen LogP) is 2.22. The van der Waals surface area contributed by atoms with Crippen LogP contribution >= 0.6 is 11.5 Å².